The summed E-state index contributed by atoms with van der Waals surface area (Å²) in [5.41, 5.74) is -0.988. The van der Waals surface area contributed by atoms with Gasteiger partial charge in [0.2, 0.25) is 5.91 Å². The molecule has 2 rings (SSSR count). The van der Waals surface area contributed by atoms with Crippen molar-refractivity contribution in [1.82, 2.24) is 10.6 Å². The Bertz CT molecular complexity index is 384. The van der Waals surface area contributed by atoms with Crippen LogP contribution < -0.4 is 10.6 Å². The Labute approximate surface area is 111 Å². The summed E-state index contributed by atoms with van der Waals surface area (Å²) >= 11 is 1.50. The predicted molar refractivity (Wildman–Crippen MR) is 72.5 cm³/mol. The molecule has 1 amide bonds. The zero-order valence-electron chi connectivity index (χ0n) is 10.6. The predicted octanol–water partition coefficient (Wildman–Crippen LogP) is 1.21. The summed E-state index contributed by atoms with van der Waals surface area (Å²) in [6, 6.07) is 3.69. The maximum absolute atomic E-state index is 11.9. The van der Waals surface area contributed by atoms with Crippen LogP contribution in [0.5, 0.6) is 0 Å². The maximum Gasteiger partial charge on any atom is 0.237 e. The first-order valence-electron chi connectivity index (χ1n) is 6.37. The molecule has 1 aromatic heterocycles. The molecule has 2 heterocycles. The fraction of sp³-hybridized carbons (Fsp3) is 0.615. The molecule has 1 unspecified atom stereocenters. The first kappa shape index (κ1) is 13.5. The maximum atomic E-state index is 11.9. The van der Waals surface area contributed by atoms with E-state index in [1.807, 2.05) is 17.5 Å². The van der Waals surface area contributed by atoms with E-state index in [0.717, 1.165) is 30.7 Å². The van der Waals surface area contributed by atoms with Crippen molar-refractivity contribution < 1.29 is 9.90 Å². The van der Waals surface area contributed by atoms with Crippen molar-refractivity contribution in [2.24, 2.45) is 0 Å². The lowest BCUT2D eigenvalue weighted by Gasteiger charge is -2.26. The number of nitrogens with one attached hydrogen (secondary N) is 2. The van der Waals surface area contributed by atoms with Gasteiger partial charge in [-0.1, -0.05) is 12.5 Å². The van der Waals surface area contributed by atoms with Crippen molar-refractivity contribution in [2.75, 3.05) is 13.1 Å². The molecule has 0 saturated carbocycles. The molecule has 1 aliphatic heterocycles. The van der Waals surface area contributed by atoms with Crippen molar-refractivity contribution in [1.29, 1.82) is 0 Å². The third kappa shape index (κ3) is 3.31. The molecule has 1 aromatic rings. The highest BCUT2D eigenvalue weighted by molar-refractivity contribution is 7.10. The summed E-state index contributed by atoms with van der Waals surface area (Å²) in [6.45, 7) is 2.89. The summed E-state index contributed by atoms with van der Waals surface area (Å²) < 4.78 is 0. The molecular formula is C13H20N2O2S. The van der Waals surface area contributed by atoms with E-state index in [2.05, 4.69) is 10.6 Å². The summed E-state index contributed by atoms with van der Waals surface area (Å²) in [6.07, 6.45) is 3.11. The molecule has 1 saturated heterocycles. The van der Waals surface area contributed by atoms with Crippen molar-refractivity contribution in [2.45, 2.75) is 37.8 Å². The van der Waals surface area contributed by atoms with Crippen molar-refractivity contribution in [3.8, 4) is 0 Å². The van der Waals surface area contributed by atoms with Gasteiger partial charge in [-0.25, -0.2) is 0 Å². The van der Waals surface area contributed by atoms with Crippen LogP contribution in [0, 0.1) is 0 Å². The zero-order valence-corrected chi connectivity index (χ0v) is 11.4. The summed E-state index contributed by atoms with van der Waals surface area (Å²) in [4.78, 5) is 12.8. The average molecular weight is 268 g/mol. The summed E-state index contributed by atoms with van der Waals surface area (Å²) in [5.74, 6) is -0.00784. The Morgan fingerprint density at radius 3 is 3.11 bits per heavy atom. The molecule has 1 aliphatic rings. The normalized spacial score (nSPS) is 23.3. The van der Waals surface area contributed by atoms with Gasteiger partial charge in [-0.3, -0.25) is 4.79 Å². The van der Waals surface area contributed by atoms with Gasteiger partial charge in [0.25, 0.3) is 0 Å². The van der Waals surface area contributed by atoms with E-state index in [1.165, 1.54) is 11.3 Å². The second-order valence-electron chi connectivity index (χ2n) is 4.97. The Morgan fingerprint density at radius 1 is 1.67 bits per heavy atom. The Balaban J connectivity index is 1.85. The Hall–Kier alpha value is -0.910. The van der Waals surface area contributed by atoms with E-state index < -0.39 is 5.60 Å². The fourth-order valence-electron chi connectivity index (χ4n) is 2.13. The van der Waals surface area contributed by atoms with Crippen LogP contribution in [0.3, 0.4) is 0 Å². The minimum absolute atomic E-state index is 0.00784. The quantitative estimate of drug-likeness (QED) is 0.769. The van der Waals surface area contributed by atoms with Gasteiger partial charge in [-0.05, 0) is 37.8 Å². The van der Waals surface area contributed by atoms with Crippen LogP contribution in [-0.2, 0) is 10.4 Å². The molecule has 18 heavy (non-hydrogen) atoms. The van der Waals surface area contributed by atoms with Crippen LogP contribution in [0.4, 0.5) is 0 Å². The second kappa shape index (κ2) is 5.82. The van der Waals surface area contributed by atoms with Crippen LogP contribution in [0.1, 0.15) is 31.1 Å². The molecule has 1 fully saturated rings. The molecule has 4 nitrogen and oxygen atoms in total. The topological polar surface area (TPSA) is 61.4 Å². The van der Waals surface area contributed by atoms with E-state index in [-0.39, 0.29) is 18.5 Å². The van der Waals surface area contributed by atoms with E-state index in [1.54, 1.807) is 6.92 Å². The second-order valence-corrected chi connectivity index (χ2v) is 5.92. The first-order chi connectivity index (χ1) is 8.59. The van der Waals surface area contributed by atoms with Gasteiger partial charge in [-0.2, -0.15) is 0 Å². The molecule has 3 N–H and O–H groups in total. The largest absolute Gasteiger partial charge is 0.383 e. The smallest absolute Gasteiger partial charge is 0.237 e. The van der Waals surface area contributed by atoms with Gasteiger partial charge in [-0.15, -0.1) is 11.3 Å². The summed E-state index contributed by atoms with van der Waals surface area (Å²) in [5, 5.41) is 18.3. The van der Waals surface area contributed by atoms with Gasteiger partial charge < -0.3 is 15.7 Å². The molecular weight excluding hydrogens is 248 g/mol. The zero-order chi connectivity index (χ0) is 13.0. The molecule has 0 aliphatic carbocycles. The number of amides is 1. The van der Waals surface area contributed by atoms with E-state index in [9.17, 15) is 9.90 Å². The number of carbonyl (C=O) groups excluding carboxylic acids is 1. The molecule has 100 valence electrons. The van der Waals surface area contributed by atoms with Gasteiger partial charge in [0.05, 0.1) is 12.6 Å². The van der Waals surface area contributed by atoms with Crippen molar-refractivity contribution in [3.05, 3.63) is 22.4 Å². The number of thiophene rings is 1. The monoisotopic (exact) mass is 268 g/mol. The highest BCUT2D eigenvalue weighted by Crippen LogP contribution is 2.24. The van der Waals surface area contributed by atoms with Crippen LogP contribution >= 0.6 is 11.3 Å². The SMILES string of the molecule is C[C@@](O)(CNC(=O)C1CCCCN1)c1cccs1. The van der Waals surface area contributed by atoms with E-state index >= 15 is 0 Å². The minimum Gasteiger partial charge on any atom is -0.383 e. The molecule has 0 radical (unpaired) electrons. The third-order valence-electron chi connectivity index (χ3n) is 3.29. The lowest BCUT2D eigenvalue weighted by atomic mass is 10.0. The lowest BCUT2D eigenvalue weighted by Crippen LogP contribution is -2.49. The molecule has 0 bridgehead atoms. The first-order valence-corrected chi connectivity index (χ1v) is 7.25. The third-order valence-corrected chi connectivity index (χ3v) is 4.41. The van der Waals surface area contributed by atoms with E-state index in [4.69, 9.17) is 0 Å². The fourth-order valence-corrected chi connectivity index (χ4v) is 2.92. The summed E-state index contributed by atoms with van der Waals surface area (Å²) in [7, 11) is 0. The Kier molecular flexibility index (Phi) is 4.37. The van der Waals surface area contributed by atoms with Crippen LogP contribution in [0.2, 0.25) is 0 Å². The van der Waals surface area contributed by atoms with Gasteiger partial charge in [0, 0.05) is 4.88 Å². The lowest BCUT2D eigenvalue weighted by molar-refractivity contribution is -0.124. The molecule has 5 heteroatoms. The minimum atomic E-state index is -0.988. The average Bonchev–Trinajstić information content (AvgIpc) is 2.92. The molecule has 2 atom stereocenters. The number of rotatable bonds is 4. The molecule has 0 spiro atoms. The number of piperidine rings is 1. The number of hydrogen-bond donors (Lipinski definition) is 3. The van der Waals surface area contributed by atoms with Crippen LogP contribution in [0.25, 0.3) is 0 Å². The number of hydrogen-bond acceptors (Lipinski definition) is 4. The van der Waals surface area contributed by atoms with Crippen LogP contribution in [0.15, 0.2) is 17.5 Å². The van der Waals surface area contributed by atoms with Crippen molar-refractivity contribution >= 4 is 17.2 Å². The van der Waals surface area contributed by atoms with Gasteiger partial charge in [0.1, 0.15) is 5.60 Å². The van der Waals surface area contributed by atoms with Crippen molar-refractivity contribution in [3.63, 3.8) is 0 Å². The highest BCUT2D eigenvalue weighted by Gasteiger charge is 2.27. The van der Waals surface area contributed by atoms with Crippen LogP contribution in [-0.4, -0.2) is 30.1 Å². The van der Waals surface area contributed by atoms with Gasteiger partial charge in [0.15, 0.2) is 0 Å². The molecule has 0 aromatic carbocycles. The van der Waals surface area contributed by atoms with E-state index in [0.29, 0.717) is 0 Å². The highest BCUT2D eigenvalue weighted by atomic mass is 32.1. The Morgan fingerprint density at radius 2 is 2.50 bits per heavy atom. The number of aliphatic hydroxyl groups is 1. The number of carbonyl (C=O) groups is 1. The van der Waals surface area contributed by atoms with Gasteiger partial charge >= 0.3 is 0 Å². The standard InChI is InChI=1S/C13H20N2O2S/c1-13(17,11-6-4-8-18-11)9-15-12(16)10-5-2-3-7-14-10/h4,6,8,10,14,17H,2-3,5,7,9H2,1H3,(H,15,16)/t10?,13-/m1/s1.